The molecule has 1 fully saturated rings. The summed E-state index contributed by atoms with van der Waals surface area (Å²) >= 11 is 3.50. The van der Waals surface area contributed by atoms with Crippen molar-refractivity contribution in [3.8, 4) is 0 Å². The largest absolute Gasteiger partial charge is 0.207 e. The Kier molecular flexibility index (Phi) is 2.61. The van der Waals surface area contributed by atoms with E-state index in [-0.39, 0.29) is 10.2 Å². The lowest BCUT2D eigenvalue weighted by atomic mass is 10.0. The zero-order valence-electron chi connectivity index (χ0n) is 8.73. The molecule has 1 aliphatic rings. The second-order valence-corrected chi connectivity index (χ2v) is 5.85. The number of alkyl halides is 1. The smallest absolute Gasteiger partial charge is 0.130 e. The maximum Gasteiger partial charge on any atom is 0.130 e. The van der Waals surface area contributed by atoms with Gasteiger partial charge in [-0.25, -0.2) is 8.78 Å². The summed E-state index contributed by atoms with van der Waals surface area (Å²) in [6.07, 6.45) is 1.08. The molecule has 2 unspecified atom stereocenters. The maximum absolute atomic E-state index is 13.5. The molecule has 0 spiro atoms. The first-order valence-corrected chi connectivity index (χ1v) is 5.92. The predicted molar refractivity (Wildman–Crippen MR) is 59.9 cm³/mol. The topological polar surface area (TPSA) is 0 Å². The van der Waals surface area contributed by atoms with Crippen molar-refractivity contribution in [1.29, 1.82) is 0 Å². The molecule has 3 heteroatoms. The third-order valence-corrected chi connectivity index (χ3v) is 4.33. The second-order valence-electron chi connectivity index (χ2n) is 4.87. The van der Waals surface area contributed by atoms with Crippen LogP contribution in [0.5, 0.6) is 0 Å². The van der Waals surface area contributed by atoms with Gasteiger partial charge < -0.3 is 0 Å². The first kappa shape index (κ1) is 11.1. The zero-order chi connectivity index (χ0) is 11.2. The number of hydrogen-bond acceptors (Lipinski definition) is 0. The third kappa shape index (κ3) is 2.07. The van der Waals surface area contributed by atoms with Crippen molar-refractivity contribution in [2.45, 2.75) is 25.1 Å². The Morgan fingerprint density at radius 3 is 2.47 bits per heavy atom. The molecule has 2 rings (SSSR count). The number of halogens is 3. The van der Waals surface area contributed by atoms with Crippen molar-refractivity contribution < 1.29 is 8.78 Å². The predicted octanol–water partition coefficient (Wildman–Crippen LogP) is 4.45. The van der Waals surface area contributed by atoms with Crippen molar-refractivity contribution in [1.82, 2.24) is 0 Å². The minimum Gasteiger partial charge on any atom is -0.207 e. The SMILES string of the molecule is CC1(C)CC1C(Br)c1ccc(F)cc1F. The summed E-state index contributed by atoms with van der Waals surface area (Å²) in [4.78, 5) is -0.00639. The molecule has 2 atom stereocenters. The molecule has 0 radical (unpaired) electrons. The normalized spacial score (nSPS) is 25.0. The van der Waals surface area contributed by atoms with Crippen LogP contribution in [0.15, 0.2) is 18.2 Å². The van der Waals surface area contributed by atoms with Crippen LogP contribution < -0.4 is 0 Å². The van der Waals surface area contributed by atoms with Gasteiger partial charge in [0.1, 0.15) is 11.6 Å². The summed E-state index contributed by atoms with van der Waals surface area (Å²) in [6, 6.07) is 3.78. The Morgan fingerprint density at radius 2 is 2.00 bits per heavy atom. The summed E-state index contributed by atoms with van der Waals surface area (Å²) in [5.41, 5.74) is 0.835. The van der Waals surface area contributed by atoms with Gasteiger partial charge in [0.2, 0.25) is 0 Å². The molecule has 0 N–H and O–H groups in total. The van der Waals surface area contributed by atoms with Crippen LogP contribution in [0.25, 0.3) is 0 Å². The second kappa shape index (κ2) is 3.55. The Morgan fingerprint density at radius 1 is 1.40 bits per heavy atom. The van der Waals surface area contributed by atoms with Gasteiger partial charge in [-0.3, -0.25) is 0 Å². The van der Waals surface area contributed by atoms with E-state index in [1.54, 1.807) is 0 Å². The van der Waals surface area contributed by atoms with Gasteiger partial charge in [-0.2, -0.15) is 0 Å². The molecule has 0 nitrogen and oxygen atoms in total. The van der Waals surface area contributed by atoms with Gasteiger partial charge >= 0.3 is 0 Å². The standard InChI is InChI=1S/C12H13BrF2/c1-12(2)6-9(12)11(13)8-4-3-7(14)5-10(8)15/h3-5,9,11H,6H2,1-2H3. The van der Waals surface area contributed by atoms with E-state index in [1.807, 2.05) is 0 Å². The highest BCUT2D eigenvalue weighted by Crippen LogP contribution is 2.60. The van der Waals surface area contributed by atoms with Gasteiger partial charge in [0, 0.05) is 16.5 Å². The number of hydrogen-bond donors (Lipinski definition) is 0. The van der Waals surface area contributed by atoms with Crippen molar-refractivity contribution >= 4 is 15.9 Å². The molecule has 1 aliphatic carbocycles. The highest BCUT2D eigenvalue weighted by Gasteiger charge is 2.50. The molecule has 1 saturated carbocycles. The van der Waals surface area contributed by atoms with E-state index >= 15 is 0 Å². The van der Waals surface area contributed by atoms with Gasteiger partial charge in [0.15, 0.2) is 0 Å². The summed E-state index contributed by atoms with van der Waals surface area (Å²) in [5.74, 6) is -0.539. The summed E-state index contributed by atoms with van der Waals surface area (Å²) in [6.45, 7) is 4.32. The average Bonchev–Trinajstić information content (AvgIpc) is 2.74. The molecule has 0 aromatic heterocycles. The van der Waals surface area contributed by atoms with Gasteiger partial charge in [-0.15, -0.1) is 0 Å². The van der Waals surface area contributed by atoms with E-state index < -0.39 is 11.6 Å². The zero-order valence-corrected chi connectivity index (χ0v) is 10.3. The Labute approximate surface area is 96.8 Å². The van der Waals surface area contributed by atoms with E-state index in [9.17, 15) is 8.78 Å². The first-order valence-electron chi connectivity index (χ1n) is 5.01. The minimum absolute atomic E-state index is 0.00639. The molecule has 15 heavy (non-hydrogen) atoms. The lowest BCUT2D eigenvalue weighted by molar-refractivity contribution is 0.530. The Bertz CT molecular complexity index is 387. The van der Waals surface area contributed by atoms with Gasteiger partial charge in [-0.05, 0) is 23.8 Å². The lowest BCUT2D eigenvalue weighted by Crippen LogP contribution is -2.01. The lowest BCUT2D eigenvalue weighted by Gasteiger charge is -2.12. The van der Waals surface area contributed by atoms with Gasteiger partial charge in [0.05, 0.1) is 0 Å². The van der Waals surface area contributed by atoms with Crippen molar-refractivity contribution in [3.05, 3.63) is 35.4 Å². The van der Waals surface area contributed by atoms with E-state index in [1.165, 1.54) is 12.1 Å². The van der Waals surface area contributed by atoms with Crippen LogP contribution in [0.2, 0.25) is 0 Å². The molecule has 82 valence electrons. The van der Waals surface area contributed by atoms with Gasteiger partial charge in [0.25, 0.3) is 0 Å². The summed E-state index contributed by atoms with van der Waals surface area (Å²) in [7, 11) is 0. The molecule has 1 aromatic carbocycles. The van der Waals surface area contributed by atoms with Crippen LogP contribution in [0.4, 0.5) is 8.78 Å². The number of rotatable bonds is 2. The van der Waals surface area contributed by atoms with Crippen molar-refractivity contribution in [2.24, 2.45) is 11.3 Å². The molecule has 0 amide bonds. The fourth-order valence-electron chi connectivity index (χ4n) is 1.95. The minimum atomic E-state index is -0.522. The van der Waals surface area contributed by atoms with Crippen molar-refractivity contribution in [2.75, 3.05) is 0 Å². The molecule has 0 saturated heterocycles. The molecular formula is C12H13BrF2. The summed E-state index contributed by atoms with van der Waals surface area (Å²) in [5, 5.41) is 0. The highest BCUT2D eigenvalue weighted by atomic mass is 79.9. The number of benzene rings is 1. The summed E-state index contributed by atoms with van der Waals surface area (Å²) < 4.78 is 26.2. The molecule has 0 heterocycles. The van der Waals surface area contributed by atoms with Crippen LogP contribution in [0.1, 0.15) is 30.7 Å². The third-order valence-electron chi connectivity index (χ3n) is 3.20. The van der Waals surface area contributed by atoms with Crippen LogP contribution in [0, 0.1) is 23.0 Å². The van der Waals surface area contributed by atoms with E-state index in [2.05, 4.69) is 29.8 Å². The van der Waals surface area contributed by atoms with E-state index in [0.717, 1.165) is 12.5 Å². The van der Waals surface area contributed by atoms with E-state index in [4.69, 9.17) is 0 Å². The van der Waals surface area contributed by atoms with Crippen LogP contribution in [-0.2, 0) is 0 Å². The monoisotopic (exact) mass is 274 g/mol. The quantitative estimate of drug-likeness (QED) is 0.700. The van der Waals surface area contributed by atoms with Gasteiger partial charge in [-0.1, -0.05) is 35.8 Å². The maximum atomic E-state index is 13.5. The van der Waals surface area contributed by atoms with Crippen LogP contribution in [0.3, 0.4) is 0 Å². The van der Waals surface area contributed by atoms with Crippen molar-refractivity contribution in [3.63, 3.8) is 0 Å². The average molecular weight is 275 g/mol. The first-order chi connectivity index (χ1) is 6.92. The molecule has 0 bridgehead atoms. The fraction of sp³-hybridized carbons (Fsp3) is 0.500. The molecule has 1 aromatic rings. The molecular weight excluding hydrogens is 262 g/mol. The van der Waals surface area contributed by atoms with E-state index in [0.29, 0.717) is 11.5 Å². The fourth-order valence-corrected chi connectivity index (χ4v) is 3.22. The van der Waals surface area contributed by atoms with Crippen LogP contribution in [-0.4, -0.2) is 0 Å². The van der Waals surface area contributed by atoms with Crippen LogP contribution >= 0.6 is 15.9 Å². The Balaban J connectivity index is 2.23. The highest BCUT2D eigenvalue weighted by molar-refractivity contribution is 9.09. The Hall–Kier alpha value is -0.440. The molecule has 0 aliphatic heterocycles.